The molecule has 0 radical (unpaired) electrons. The number of amidine groups is 1. The molecule has 0 aliphatic carbocycles. The Morgan fingerprint density at radius 1 is 1.29 bits per heavy atom. The van der Waals surface area contributed by atoms with Crippen molar-refractivity contribution in [1.82, 2.24) is 15.3 Å². The zero-order chi connectivity index (χ0) is 16.9. The molecule has 6 N–H and O–H groups in total. The summed E-state index contributed by atoms with van der Waals surface area (Å²) in [5.74, 6) is 1.33. The SMILES string of the molecule is C/C(N)=C/C(N)=Nc1cncc(Nc2ccc3c(c2)CNCC3)n1. The van der Waals surface area contributed by atoms with E-state index in [1.54, 1.807) is 25.4 Å². The van der Waals surface area contributed by atoms with Gasteiger partial charge in [0.1, 0.15) is 5.84 Å². The van der Waals surface area contributed by atoms with Crippen LogP contribution in [0, 0.1) is 0 Å². The number of benzene rings is 1. The summed E-state index contributed by atoms with van der Waals surface area (Å²) in [6.45, 7) is 3.67. The van der Waals surface area contributed by atoms with Crippen molar-refractivity contribution in [2.45, 2.75) is 19.9 Å². The molecule has 0 bridgehead atoms. The molecule has 24 heavy (non-hydrogen) atoms. The molecule has 7 heteroatoms. The first-order valence-corrected chi connectivity index (χ1v) is 7.80. The molecule has 0 amide bonds. The fourth-order valence-corrected chi connectivity index (χ4v) is 2.57. The minimum atomic E-state index is 0.293. The van der Waals surface area contributed by atoms with Crippen LogP contribution in [0.2, 0.25) is 0 Å². The van der Waals surface area contributed by atoms with E-state index in [0.29, 0.717) is 23.2 Å². The van der Waals surface area contributed by atoms with Crippen LogP contribution in [0.4, 0.5) is 17.3 Å². The van der Waals surface area contributed by atoms with Gasteiger partial charge in [0.2, 0.25) is 0 Å². The lowest BCUT2D eigenvalue weighted by atomic mass is 10.0. The maximum absolute atomic E-state index is 5.78. The van der Waals surface area contributed by atoms with Gasteiger partial charge < -0.3 is 22.1 Å². The summed E-state index contributed by atoms with van der Waals surface area (Å²) in [7, 11) is 0. The van der Waals surface area contributed by atoms with Crippen molar-refractivity contribution < 1.29 is 0 Å². The van der Waals surface area contributed by atoms with Crippen LogP contribution in [0.1, 0.15) is 18.1 Å². The number of allylic oxidation sites excluding steroid dienone is 1. The molecule has 1 aliphatic heterocycles. The van der Waals surface area contributed by atoms with Gasteiger partial charge in [0.25, 0.3) is 0 Å². The van der Waals surface area contributed by atoms with E-state index in [1.165, 1.54) is 11.1 Å². The highest BCUT2D eigenvalue weighted by molar-refractivity contribution is 5.93. The second-order valence-corrected chi connectivity index (χ2v) is 5.72. The van der Waals surface area contributed by atoms with Crippen molar-refractivity contribution in [2.75, 3.05) is 11.9 Å². The second kappa shape index (κ2) is 7.10. The van der Waals surface area contributed by atoms with Gasteiger partial charge in [-0.2, -0.15) is 0 Å². The molecule has 2 heterocycles. The van der Waals surface area contributed by atoms with Crippen LogP contribution in [0.5, 0.6) is 0 Å². The third kappa shape index (κ3) is 4.08. The van der Waals surface area contributed by atoms with E-state index in [4.69, 9.17) is 11.5 Å². The molecule has 124 valence electrons. The van der Waals surface area contributed by atoms with Crippen molar-refractivity contribution in [3.63, 3.8) is 0 Å². The highest BCUT2D eigenvalue weighted by Crippen LogP contribution is 2.22. The molecule has 1 aromatic heterocycles. The summed E-state index contributed by atoms with van der Waals surface area (Å²) in [5, 5.41) is 6.63. The van der Waals surface area contributed by atoms with Crippen molar-refractivity contribution in [3.05, 3.63) is 53.5 Å². The minimum Gasteiger partial charge on any atom is -0.402 e. The predicted octanol–water partition coefficient (Wildman–Crippen LogP) is 1.72. The van der Waals surface area contributed by atoms with Gasteiger partial charge in [-0.15, -0.1) is 0 Å². The van der Waals surface area contributed by atoms with Gasteiger partial charge in [0.05, 0.1) is 12.4 Å². The Labute approximate surface area is 140 Å². The van der Waals surface area contributed by atoms with E-state index < -0.39 is 0 Å². The zero-order valence-corrected chi connectivity index (χ0v) is 13.6. The first-order chi connectivity index (χ1) is 11.6. The summed E-state index contributed by atoms with van der Waals surface area (Å²) in [6.07, 6.45) is 5.84. The van der Waals surface area contributed by atoms with Crippen molar-refractivity contribution in [1.29, 1.82) is 0 Å². The Hall–Kier alpha value is -2.93. The average molecular weight is 323 g/mol. The lowest BCUT2D eigenvalue weighted by molar-refractivity contribution is 0.644. The van der Waals surface area contributed by atoms with Gasteiger partial charge in [-0.05, 0) is 49.2 Å². The quantitative estimate of drug-likeness (QED) is 0.503. The molecular weight excluding hydrogens is 302 g/mol. The molecule has 3 rings (SSSR count). The van der Waals surface area contributed by atoms with Gasteiger partial charge in [-0.1, -0.05) is 6.07 Å². The summed E-state index contributed by atoms with van der Waals surface area (Å²) in [6, 6.07) is 6.34. The first-order valence-electron chi connectivity index (χ1n) is 7.80. The number of anilines is 2. The molecular formula is C17H21N7. The number of hydrogen-bond acceptors (Lipinski definition) is 6. The van der Waals surface area contributed by atoms with E-state index >= 15 is 0 Å². The van der Waals surface area contributed by atoms with Gasteiger partial charge in [-0.3, -0.25) is 4.98 Å². The van der Waals surface area contributed by atoms with Gasteiger partial charge in [-0.25, -0.2) is 9.98 Å². The standard InChI is InChI=1S/C17H21N7/c1-11(18)6-15(19)23-17-10-21-9-16(24-17)22-14-3-2-12-4-5-20-8-13(12)7-14/h2-3,6-7,9-10,20H,4-5,8,18H2,1H3,(H3,19,22,23,24)/b11-6-. The first kappa shape index (κ1) is 15.9. The normalized spacial score (nSPS) is 15.0. The van der Waals surface area contributed by atoms with Crippen molar-refractivity contribution in [3.8, 4) is 0 Å². The van der Waals surface area contributed by atoms with Crippen LogP contribution in [0.3, 0.4) is 0 Å². The van der Waals surface area contributed by atoms with Crippen molar-refractivity contribution >= 4 is 23.2 Å². The smallest absolute Gasteiger partial charge is 0.174 e. The van der Waals surface area contributed by atoms with Crippen LogP contribution in [-0.2, 0) is 13.0 Å². The third-order valence-electron chi connectivity index (χ3n) is 3.61. The Morgan fingerprint density at radius 2 is 2.17 bits per heavy atom. The molecule has 0 unspecified atom stereocenters. The molecule has 0 saturated heterocycles. The van der Waals surface area contributed by atoms with E-state index in [0.717, 1.165) is 25.2 Å². The zero-order valence-electron chi connectivity index (χ0n) is 13.6. The molecule has 0 atom stereocenters. The molecule has 7 nitrogen and oxygen atoms in total. The Morgan fingerprint density at radius 3 is 3.00 bits per heavy atom. The van der Waals surface area contributed by atoms with Gasteiger partial charge in [0, 0.05) is 17.9 Å². The lowest BCUT2D eigenvalue weighted by Crippen LogP contribution is -2.23. The van der Waals surface area contributed by atoms with E-state index in [9.17, 15) is 0 Å². The second-order valence-electron chi connectivity index (χ2n) is 5.72. The fraction of sp³-hybridized carbons (Fsp3) is 0.235. The monoisotopic (exact) mass is 323 g/mol. The van der Waals surface area contributed by atoms with Crippen molar-refractivity contribution in [2.24, 2.45) is 16.5 Å². The number of aromatic nitrogens is 2. The Kier molecular flexibility index (Phi) is 4.72. The maximum atomic E-state index is 5.78. The van der Waals surface area contributed by atoms with E-state index in [-0.39, 0.29) is 0 Å². The Balaban J connectivity index is 1.79. The number of hydrogen-bond donors (Lipinski definition) is 4. The highest BCUT2D eigenvalue weighted by Gasteiger charge is 2.09. The fourth-order valence-electron chi connectivity index (χ4n) is 2.57. The molecule has 2 aromatic rings. The topological polar surface area (TPSA) is 114 Å². The van der Waals surface area contributed by atoms with E-state index in [2.05, 4.69) is 43.8 Å². The number of aliphatic imine (C=N–C) groups is 1. The van der Waals surface area contributed by atoms with Crippen LogP contribution in [-0.4, -0.2) is 22.3 Å². The molecule has 0 fully saturated rings. The van der Waals surface area contributed by atoms with Crippen LogP contribution in [0.25, 0.3) is 0 Å². The van der Waals surface area contributed by atoms with E-state index in [1.807, 2.05) is 0 Å². The molecule has 0 spiro atoms. The van der Waals surface area contributed by atoms with Gasteiger partial charge in [0.15, 0.2) is 11.6 Å². The summed E-state index contributed by atoms with van der Waals surface area (Å²) in [5.41, 5.74) is 15.6. The number of nitrogens with two attached hydrogens (primary N) is 2. The lowest BCUT2D eigenvalue weighted by Gasteiger charge is -2.18. The number of nitrogens with one attached hydrogen (secondary N) is 2. The number of rotatable bonds is 4. The molecule has 1 aromatic carbocycles. The third-order valence-corrected chi connectivity index (χ3v) is 3.61. The molecule has 1 aliphatic rings. The average Bonchev–Trinajstić information content (AvgIpc) is 2.54. The number of nitrogens with zero attached hydrogens (tertiary/aromatic N) is 3. The molecule has 0 saturated carbocycles. The minimum absolute atomic E-state index is 0.293. The largest absolute Gasteiger partial charge is 0.402 e. The van der Waals surface area contributed by atoms with Crippen LogP contribution < -0.4 is 22.1 Å². The summed E-state index contributed by atoms with van der Waals surface area (Å²) < 4.78 is 0. The number of fused-ring (bicyclic) bond motifs is 1. The van der Waals surface area contributed by atoms with Crippen LogP contribution >= 0.6 is 0 Å². The summed E-state index contributed by atoms with van der Waals surface area (Å²) in [4.78, 5) is 12.7. The predicted molar refractivity (Wildman–Crippen MR) is 96.4 cm³/mol. The Bertz CT molecular complexity index is 791. The summed E-state index contributed by atoms with van der Waals surface area (Å²) >= 11 is 0. The maximum Gasteiger partial charge on any atom is 0.174 e. The van der Waals surface area contributed by atoms with Crippen LogP contribution in [0.15, 0.2) is 47.4 Å². The van der Waals surface area contributed by atoms with Gasteiger partial charge >= 0.3 is 0 Å². The highest BCUT2D eigenvalue weighted by atomic mass is 15.1.